The molecule has 1 N–H and O–H groups in total. The van der Waals surface area contributed by atoms with E-state index in [4.69, 9.17) is 0 Å². The van der Waals surface area contributed by atoms with Gasteiger partial charge in [0.15, 0.2) is 0 Å². The number of likely N-dealkylation sites (N-methyl/N-ethyl adjacent to an activating group) is 1. The van der Waals surface area contributed by atoms with Gasteiger partial charge >= 0.3 is 0 Å². The summed E-state index contributed by atoms with van der Waals surface area (Å²) in [5.41, 5.74) is 0.735. The molecule has 17 heavy (non-hydrogen) atoms. The molecule has 0 aliphatic heterocycles. The zero-order valence-corrected chi connectivity index (χ0v) is 10.4. The Hall–Kier alpha value is -0.960. The molecule has 0 bridgehead atoms. The van der Waals surface area contributed by atoms with Gasteiger partial charge < -0.3 is 5.32 Å². The molecule has 1 unspecified atom stereocenters. The Morgan fingerprint density at radius 3 is 2.65 bits per heavy atom. The maximum Gasteiger partial charge on any atom is 0.126 e. The first-order valence-corrected chi connectivity index (χ1v) is 6.22. The molecule has 3 heteroatoms. The van der Waals surface area contributed by atoms with Gasteiger partial charge in [0.2, 0.25) is 0 Å². The Kier molecular flexibility index (Phi) is 3.48. The second-order valence-corrected chi connectivity index (χ2v) is 5.20. The van der Waals surface area contributed by atoms with Crippen LogP contribution >= 0.6 is 0 Å². The SMILES string of the molecule is CCNC(Cc1cc(F)ccc1F)C1(C)CC1. The van der Waals surface area contributed by atoms with Crippen LogP contribution in [-0.2, 0) is 6.42 Å². The van der Waals surface area contributed by atoms with Gasteiger partial charge in [0, 0.05) is 6.04 Å². The number of rotatable bonds is 5. The largest absolute Gasteiger partial charge is 0.313 e. The molecule has 1 nitrogen and oxygen atoms in total. The van der Waals surface area contributed by atoms with Crippen molar-refractivity contribution >= 4 is 0 Å². The maximum absolute atomic E-state index is 13.6. The number of hydrogen-bond acceptors (Lipinski definition) is 1. The Balaban J connectivity index is 2.14. The molecule has 1 fully saturated rings. The third-order valence-corrected chi connectivity index (χ3v) is 3.76. The zero-order valence-electron chi connectivity index (χ0n) is 10.4. The molecule has 2 rings (SSSR count). The van der Waals surface area contributed by atoms with Gasteiger partial charge in [0.25, 0.3) is 0 Å². The summed E-state index contributed by atoms with van der Waals surface area (Å²) in [6.45, 7) is 5.11. The molecule has 1 aromatic rings. The molecule has 0 aromatic heterocycles. The van der Waals surface area contributed by atoms with Crippen molar-refractivity contribution in [2.24, 2.45) is 5.41 Å². The van der Waals surface area contributed by atoms with Crippen molar-refractivity contribution in [3.05, 3.63) is 35.4 Å². The third-order valence-electron chi connectivity index (χ3n) is 3.76. The molecule has 1 aliphatic carbocycles. The van der Waals surface area contributed by atoms with Crippen LogP contribution in [0.3, 0.4) is 0 Å². The summed E-state index contributed by atoms with van der Waals surface area (Å²) in [4.78, 5) is 0. The van der Waals surface area contributed by atoms with Crippen LogP contribution in [0, 0.1) is 17.0 Å². The van der Waals surface area contributed by atoms with Gasteiger partial charge in [-0.05, 0) is 55.0 Å². The van der Waals surface area contributed by atoms with Crippen molar-refractivity contribution in [1.82, 2.24) is 5.32 Å². The minimum Gasteiger partial charge on any atom is -0.313 e. The fraction of sp³-hybridized carbons (Fsp3) is 0.571. The number of hydrogen-bond donors (Lipinski definition) is 1. The lowest BCUT2D eigenvalue weighted by Gasteiger charge is -2.24. The molecule has 0 saturated heterocycles. The van der Waals surface area contributed by atoms with E-state index in [9.17, 15) is 8.78 Å². The molecule has 1 saturated carbocycles. The minimum absolute atomic E-state index is 0.240. The standard InChI is InChI=1S/C14H19F2N/c1-3-17-13(14(2)6-7-14)9-10-8-11(15)4-5-12(10)16/h4-5,8,13,17H,3,6-7,9H2,1-2H3. The van der Waals surface area contributed by atoms with Gasteiger partial charge in [-0.15, -0.1) is 0 Å². The second-order valence-electron chi connectivity index (χ2n) is 5.20. The van der Waals surface area contributed by atoms with Crippen LogP contribution in [0.15, 0.2) is 18.2 Å². The highest BCUT2D eigenvalue weighted by Crippen LogP contribution is 2.49. The Bertz CT molecular complexity index is 399. The van der Waals surface area contributed by atoms with Crippen molar-refractivity contribution in [3.63, 3.8) is 0 Å². The van der Waals surface area contributed by atoms with Crippen molar-refractivity contribution in [1.29, 1.82) is 0 Å². The lowest BCUT2D eigenvalue weighted by Crippen LogP contribution is -2.38. The van der Waals surface area contributed by atoms with Crippen LogP contribution in [0.5, 0.6) is 0 Å². The Morgan fingerprint density at radius 1 is 1.35 bits per heavy atom. The van der Waals surface area contributed by atoms with Gasteiger partial charge in [-0.1, -0.05) is 13.8 Å². The van der Waals surface area contributed by atoms with E-state index in [-0.39, 0.29) is 23.1 Å². The first kappa shape index (κ1) is 12.5. The monoisotopic (exact) mass is 239 g/mol. The summed E-state index contributed by atoms with van der Waals surface area (Å²) in [7, 11) is 0. The van der Waals surface area contributed by atoms with E-state index in [0.717, 1.165) is 6.54 Å². The van der Waals surface area contributed by atoms with E-state index in [1.54, 1.807) is 0 Å². The van der Waals surface area contributed by atoms with Crippen LogP contribution in [0.4, 0.5) is 8.78 Å². The van der Waals surface area contributed by atoms with Crippen molar-refractivity contribution in [2.45, 2.75) is 39.2 Å². The number of nitrogens with one attached hydrogen (secondary N) is 1. The van der Waals surface area contributed by atoms with Gasteiger partial charge in [-0.2, -0.15) is 0 Å². The third kappa shape index (κ3) is 2.83. The van der Waals surface area contributed by atoms with Crippen molar-refractivity contribution in [2.75, 3.05) is 6.54 Å². The first-order chi connectivity index (χ1) is 8.05. The molecule has 1 atom stereocenters. The van der Waals surface area contributed by atoms with E-state index in [1.165, 1.54) is 31.0 Å². The quantitative estimate of drug-likeness (QED) is 0.831. The highest BCUT2D eigenvalue weighted by Gasteiger charge is 2.44. The van der Waals surface area contributed by atoms with Crippen LogP contribution in [0.1, 0.15) is 32.3 Å². The van der Waals surface area contributed by atoms with Gasteiger partial charge in [0.05, 0.1) is 0 Å². The molecule has 1 aromatic carbocycles. The van der Waals surface area contributed by atoms with Crippen LogP contribution < -0.4 is 5.32 Å². The van der Waals surface area contributed by atoms with Crippen molar-refractivity contribution in [3.8, 4) is 0 Å². The first-order valence-electron chi connectivity index (χ1n) is 6.22. The van der Waals surface area contributed by atoms with E-state index >= 15 is 0 Å². The number of benzene rings is 1. The highest BCUT2D eigenvalue weighted by molar-refractivity contribution is 5.21. The van der Waals surface area contributed by atoms with Crippen molar-refractivity contribution < 1.29 is 8.78 Å². The Morgan fingerprint density at radius 2 is 2.06 bits per heavy atom. The molecule has 1 aliphatic rings. The molecule has 0 spiro atoms. The lowest BCUT2D eigenvalue weighted by atomic mass is 9.92. The average Bonchev–Trinajstić information content (AvgIpc) is 3.02. The topological polar surface area (TPSA) is 12.0 Å². The average molecular weight is 239 g/mol. The summed E-state index contributed by atoms with van der Waals surface area (Å²) >= 11 is 0. The normalized spacial score (nSPS) is 19.1. The molecular weight excluding hydrogens is 220 g/mol. The molecule has 0 heterocycles. The van der Waals surface area contributed by atoms with E-state index in [1.807, 2.05) is 6.92 Å². The summed E-state index contributed by atoms with van der Waals surface area (Å²) in [6, 6.07) is 3.93. The van der Waals surface area contributed by atoms with Gasteiger partial charge in [-0.25, -0.2) is 8.78 Å². The summed E-state index contributed by atoms with van der Waals surface area (Å²) in [5.74, 6) is -0.670. The predicted molar refractivity (Wildman–Crippen MR) is 64.9 cm³/mol. The Labute approximate surface area is 101 Å². The van der Waals surface area contributed by atoms with Crippen LogP contribution in [-0.4, -0.2) is 12.6 Å². The highest BCUT2D eigenvalue weighted by atomic mass is 19.1. The zero-order chi connectivity index (χ0) is 12.5. The van der Waals surface area contributed by atoms with E-state index in [2.05, 4.69) is 12.2 Å². The van der Waals surface area contributed by atoms with Crippen LogP contribution in [0.2, 0.25) is 0 Å². The van der Waals surface area contributed by atoms with Crippen LogP contribution in [0.25, 0.3) is 0 Å². The fourth-order valence-electron chi connectivity index (χ4n) is 2.28. The molecular formula is C14H19F2N. The number of halogens is 2. The lowest BCUT2D eigenvalue weighted by molar-refractivity contribution is 0.356. The summed E-state index contributed by atoms with van der Waals surface area (Å²) in [5, 5.41) is 3.39. The second kappa shape index (κ2) is 4.73. The smallest absolute Gasteiger partial charge is 0.126 e. The van der Waals surface area contributed by atoms with Gasteiger partial charge in [-0.3, -0.25) is 0 Å². The fourth-order valence-corrected chi connectivity index (χ4v) is 2.28. The van der Waals surface area contributed by atoms with Gasteiger partial charge in [0.1, 0.15) is 11.6 Å². The predicted octanol–water partition coefficient (Wildman–Crippen LogP) is 3.29. The minimum atomic E-state index is -0.363. The summed E-state index contributed by atoms with van der Waals surface area (Å²) < 4.78 is 26.7. The molecule has 0 amide bonds. The van der Waals surface area contributed by atoms with E-state index < -0.39 is 0 Å². The molecule has 0 radical (unpaired) electrons. The molecule has 94 valence electrons. The van der Waals surface area contributed by atoms with E-state index in [0.29, 0.717) is 12.0 Å². The summed E-state index contributed by atoms with van der Waals surface area (Å²) in [6.07, 6.45) is 2.90. The maximum atomic E-state index is 13.6.